The predicted molar refractivity (Wildman–Crippen MR) is 72.1 cm³/mol. The van der Waals surface area contributed by atoms with Gasteiger partial charge in [0.25, 0.3) is 5.91 Å². The van der Waals surface area contributed by atoms with Crippen LogP contribution in [-0.4, -0.2) is 37.0 Å². The van der Waals surface area contributed by atoms with E-state index < -0.39 is 11.7 Å². The molecule has 2 rings (SSSR count). The summed E-state index contributed by atoms with van der Waals surface area (Å²) in [5.41, 5.74) is -0.106. The number of carbonyl (C=O) groups is 2. The number of benzene rings is 1. The molecule has 1 aromatic rings. The van der Waals surface area contributed by atoms with Crippen LogP contribution in [0.5, 0.6) is 0 Å². The lowest BCUT2D eigenvalue weighted by Crippen LogP contribution is -2.40. The van der Waals surface area contributed by atoms with E-state index in [1.165, 1.54) is 30.2 Å². The highest BCUT2D eigenvalue weighted by molar-refractivity contribution is 6.33. The summed E-state index contributed by atoms with van der Waals surface area (Å²) in [6, 6.07) is 4.15. The fraction of sp³-hybridized carbons (Fsp3) is 0.429. The maximum absolute atomic E-state index is 13.7. The summed E-state index contributed by atoms with van der Waals surface area (Å²) in [7, 11) is 1.35. The Kier molecular flexibility index (Phi) is 4.60. The van der Waals surface area contributed by atoms with Gasteiger partial charge in [-0.1, -0.05) is 17.7 Å². The Morgan fingerprint density at radius 3 is 2.55 bits per heavy atom. The first-order valence-corrected chi connectivity index (χ1v) is 6.73. The van der Waals surface area contributed by atoms with Gasteiger partial charge in [-0.05, 0) is 25.0 Å². The summed E-state index contributed by atoms with van der Waals surface area (Å²) < 4.78 is 18.4. The quantitative estimate of drug-likeness (QED) is 0.788. The summed E-state index contributed by atoms with van der Waals surface area (Å²) in [4.78, 5) is 25.2. The van der Waals surface area contributed by atoms with Crippen molar-refractivity contribution >= 4 is 23.5 Å². The number of hydrogen-bond donors (Lipinski definition) is 0. The number of methoxy groups -OCH3 is 1. The predicted octanol–water partition coefficient (Wildman–Crippen LogP) is 2.50. The van der Waals surface area contributed by atoms with Gasteiger partial charge in [-0.2, -0.15) is 0 Å². The molecule has 1 aromatic carbocycles. The van der Waals surface area contributed by atoms with Crippen LogP contribution in [0.1, 0.15) is 23.2 Å². The molecule has 0 N–H and O–H groups in total. The van der Waals surface area contributed by atoms with Crippen molar-refractivity contribution < 1.29 is 18.7 Å². The average molecular weight is 300 g/mol. The number of halogens is 2. The zero-order valence-corrected chi connectivity index (χ0v) is 11.8. The lowest BCUT2D eigenvalue weighted by atomic mass is 9.96. The molecule has 1 fully saturated rings. The molecule has 0 saturated carbocycles. The van der Waals surface area contributed by atoms with Crippen LogP contribution in [0.2, 0.25) is 5.02 Å². The number of ether oxygens (including phenoxy) is 1. The molecule has 0 spiro atoms. The van der Waals surface area contributed by atoms with Crippen molar-refractivity contribution in [1.29, 1.82) is 0 Å². The van der Waals surface area contributed by atoms with E-state index in [9.17, 15) is 14.0 Å². The molecule has 0 aromatic heterocycles. The van der Waals surface area contributed by atoms with E-state index in [1.807, 2.05) is 0 Å². The fourth-order valence-electron chi connectivity index (χ4n) is 2.35. The van der Waals surface area contributed by atoms with Gasteiger partial charge < -0.3 is 9.64 Å². The van der Waals surface area contributed by atoms with Crippen molar-refractivity contribution in [3.05, 3.63) is 34.6 Å². The van der Waals surface area contributed by atoms with Crippen molar-refractivity contribution in [2.75, 3.05) is 20.2 Å². The van der Waals surface area contributed by atoms with Gasteiger partial charge in [0.05, 0.1) is 23.6 Å². The number of hydrogen-bond acceptors (Lipinski definition) is 3. The minimum atomic E-state index is -0.627. The van der Waals surface area contributed by atoms with Crippen LogP contribution in [0, 0.1) is 11.7 Å². The van der Waals surface area contributed by atoms with Gasteiger partial charge in [-0.25, -0.2) is 4.39 Å². The number of likely N-dealkylation sites (tertiary alicyclic amines) is 1. The largest absolute Gasteiger partial charge is 0.469 e. The zero-order chi connectivity index (χ0) is 14.7. The molecule has 1 aliphatic rings. The van der Waals surface area contributed by atoms with E-state index in [2.05, 4.69) is 4.74 Å². The zero-order valence-electron chi connectivity index (χ0n) is 11.1. The van der Waals surface area contributed by atoms with E-state index in [0.29, 0.717) is 25.9 Å². The molecular weight excluding hydrogens is 285 g/mol. The van der Waals surface area contributed by atoms with Crippen molar-refractivity contribution in [2.45, 2.75) is 12.8 Å². The SMILES string of the molecule is COC(=O)C1CCN(C(=O)c2c(F)cccc2Cl)CC1. The second-order valence-electron chi connectivity index (χ2n) is 4.69. The van der Waals surface area contributed by atoms with E-state index >= 15 is 0 Å². The van der Waals surface area contributed by atoms with Gasteiger partial charge in [0.2, 0.25) is 0 Å². The summed E-state index contributed by atoms with van der Waals surface area (Å²) in [6.07, 6.45) is 1.04. The van der Waals surface area contributed by atoms with Crippen molar-refractivity contribution in [2.24, 2.45) is 5.92 Å². The molecule has 108 valence electrons. The molecule has 0 bridgehead atoms. The molecule has 6 heteroatoms. The van der Waals surface area contributed by atoms with E-state index in [4.69, 9.17) is 11.6 Å². The smallest absolute Gasteiger partial charge is 0.308 e. The van der Waals surface area contributed by atoms with Crippen molar-refractivity contribution in [3.63, 3.8) is 0 Å². The van der Waals surface area contributed by atoms with Crippen LogP contribution < -0.4 is 0 Å². The van der Waals surface area contributed by atoms with Gasteiger partial charge in [0, 0.05) is 13.1 Å². The Hall–Kier alpha value is -1.62. The monoisotopic (exact) mass is 299 g/mol. The Morgan fingerprint density at radius 2 is 2.00 bits per heavy atom. The maximum Gasteiger partial charge on any atom is 0.308 e. The molecule has 0 unspecified atom stereocenters. The molecule has 0 atom stereocenters. The third-order valence-electron chi connectivity index (χ3n) is 3.49. The molecule has 20 heavy (non-hydrogen) atoms. The standard InChI is InChI=1S/C14H15ClFNO3/c1-20-14(19)9-5-7-17(8-6-9)13(18)12-10(15)3-2-4-11(12)16/h2-4,9H,5-8H2,1H3. The second kappa shape index (κ2) is 6.22. The number of rotatable bonds is 2. The van der Waals surface area contributed by atoms with Gasteiger partial charge in [0.1, 0.15) is 5.82 Å². The van der Waals surface area contributed by atoms with Crippen LogP contribution in [0.25, 0.3) is 0 Å². The Morgan fingerprint density at radius 1 is 1.35 bits per heavy atom. The van der Waals surface area contributed by atoms with Crippen LogP contribution in [0.3, 0.4) is 0 Å². The minimum absolute atomic E-state index is 0.102. The van der Waals surface area contributed by atoms with Gasteiger partial charge in [0.15, 0.2) is 0 Å². The highest BCUT2D eigenvalue weighted by atomic mass is 35.5. The molecular formula is C14H15ClFNO3. The average Bonchev–Trinajstić information content (AvgIpc) is 2.46. The third-order valence-corrected chi connectivity index (χ3v) is 3.81. The highest BCUT2D eigenvalue weighted by Crippen LogP contribution is 2.24. The molecule has 0 radical (unpaired) electrons. The Labute approximate surface area is 121 Å². The summed E-state index contributed by atoms with van der Waals surface area (Å²) in [6.45, 7) is 0.784. The number of amides is 1. The topological polar surface area (TPSA) is 46.6 Å². The number of piperidine rings is 1. The van der Waals surface area contributed by atoms with Crippen LogP contribution in [0.15, 0.2) is 18.2 Å². The van der Waals surface area contributed by atoms with Crippen LogP contribution in [-0.2, 0) is 9.53 Å². The highest BCUT2D eigenvalue weighted by Gasteiger charge is 2.30. The number of carbonyl (C=O) groups excluding carboxylic acids is 2. The van der Waals surface area contributed by atoms with Gasteiger partial charge in [-0.15, -0.1) is 0 Å². The fourth-order valence-corrected chi connectivity index (χ4v) is 2.59. The van der Waals surface area contributed by atoms with Crippen molar-refractivity contribution in [1.82, 2.24) is 4.90 Å². The Balaban J connectivity index is 2.07. The maximum atomic E-state index is 13.7. The number of esters is 1. The van der Waals surface area contributed by atoms with E-state index in [-0.39, 0.29) is 22.5 Å². The van der Waals surface area contributed by atoms with Gasteiger partial charge >= 0.3 is 5.97 Å². The first kappa shape index (κ1) is 14.8. The minimum Gasteiger partial charge on any atom is -0.469 e. The van der Waals surface area contributed by atoms with E-state index in [0.717, 1.165) is 0 Å². The molecule has 4 nitrogen and oxygen atoms in total. The first-order chi connectivity index (χ1) is 9.54. The van der Waals surface area contributed by atoms with E-state index in [1.54, 1.807) is 0 Å². The van der Waals surface area contributed by atoms with Gasteiger partial charge in [-0.3, -0.25) is 9.59 Å². The second-order valence-corrected chi connectivity index (χ2v) is 5.09. The molecule has 1 amide bonds. The molecule has 1 heterocycles. The van der Waals surface area contributed by atoms with Crippen molar-refractivity contribution in [3.8, 4) is 0 Å². The summed E-state index contributed by atoms with van der Waals surface area (Å²) in [5.74, 6) is -1.52. The Bertz CT molecular complexity index is 507. The molecule has 1 saturated heterocycles. The lowest BCUT2D eigenvalue weighted by Gasteiger charge is -2.31. The third kappa shape index (κ3) is 2.93. The number of nitrogens with zero attached hydrogens (tertiary/aromatic N) is 1. The first-order valence-electron chi connectivity index (χ1n) is 6.35. The van der Waals surface area contributed by atoms with Crippen LogP contribution in [0.4, 0.5) is 4.39 Å². The normalized spacial score (nSPS) is 16.1. The lowest BCUT2D eigenvalue weighted by molar-refractivity contribution is -0.146. The molecule has 0 aliphatic carbocycles. The summed E-state index contributed by atoms with van der Waals surface area (Å²) >= 11 is 5.88. The molecule has 1 aliphatic heterocycles. The summed E-state index contributed by atoms with van der Waals surface area (Å²) in [5, 5.41) is 0.102. The van der Waals surface area contributed by atoms with Crippen LogP contribution >= 0.6 is 11.6 Å².